The maximum atomic E-state index is 13.9. The Morgan fingerprint density at radius 3 is 2.14 bits per heavy atom. The summed E-state index contributed by atoms with van der Waals surface area (Å²) in [5.41, 5.74) is 1.36. The Balaban J connectivity index is 2.05. The molecule has 0 aliphatic rings. The number of thiophene rings is 1. The lowest BCUT2D eigenvalue weighted by Crippen LogP contribution is -2.19. The molecule has 3 aromatic rings. The monoisotopic (exact) mass is 422 g/mol. The van der Waals surface area contributed by atoms with E-state index >= 15 is 0 Å². The van der Waals surface area contributed by atoms with Crippen LogP contribution in [0.15, 0.2) is 23.6 Å². The number of nitrogens with one attached hydrogen (secondary N) is 1. The highest BCUT2D eigenvalue weighted by molar-refractivity contribution is 7.15. The van der Waals surface area contributed by atoms with Crippen LogP contribution in [-0.4, -0.2) is 5.91 Å². The summed E-state index contributed by atoms with van der Waals surface area (Å²) in [6.45, 7) is 3.67. The molecule has 0 saturated heterocycles. The second kappa shape index (κ2) is 7.64. The fourth-order valence-corrected chi connectivity index (χ4v) is 3.66. The summed E-state index contributed by atoms with van der Waals surface area (Å²) in [5.74, 6) is -12.9. The Labute approximate surface area is 166 Å². The van der Waals surface area contributed by atoms with Gasteiger partial charge >= 0.3 is 0 Å². The van der Waals surface area contributed by atoms with Gasteiger partial charge in [-0.15, -0.1) is 11.3 Å². The van der Waals surface area contributed by atoms with Crippen molar-refractivity contribution in [3.8, 4) is 17.2 Å². The Morgan fingerprint density at radius 1 is 0.966 bits per heavy atom. The summed E-state index contributed by atoms with van der Waals surface area (Å²) in [6, 6.07) is 7.46. The van der Waals surface area contributed by atoms with Gasteiger partial charge < -0.3 is 5.32 Å². The molecule has 0 spiro atoms. The van der Waals surface area contributed by atoms with Gasteiger partial charge in [-0.05, 0) is 25.0 Å². The third kappa shape index (κ3) is 3.47. The molecule has 1 heterocycles. The zero-order chi connectivity index (χ0) is 21.5. The molecule has 0 aliphatic carbocycles. The zero-order valence-electron chi connectivity index (χ0n) is 15.0. The van der Waals surface area contributed by atoms with Crippen LogP contribution in [0.1, 0.15) is 27.0 Å². The van der Waals surface area contributed by atoms with Crippen molar-refractivity contribution in [1.29, 1.82) is 5.26 Å². The molecule has 0 bridgehead atoms. The number of amides is 1. The summed E-state index contributed by atoms with van der Waals surface area (Å²) in [6.07, 6.45) is 0. The van der Waals surface area contributed by atoms with E-state index in [4.69, 9.17) is 0 Å². The van der Waals surface area contributed by atoms with Gasteiger partial charge in [0.2, 0.25) is 5.82 Å². The highest BCUT2D eigenvalue weighted by atomic mass is 32.1. The maximum Gasteiger partial charge on any atom is 0.262 e. The van der Waals surface area contributed by atoms with Crippen molar-refractivity contribution in [2.45, 2.75) is 13.8 Å². The minimum Gasteiger partial charge on any atom is -0.312 e. The molecule has 3 nitrogen and oxygen atoms in total. The van der Waals surface area contributed by atoms with Crippen molar-refractivity contribution >= 4 is 22.2 Å². The lowest BCUT2D eigenvalue weighted by atomic mass is 9.98. The molecule has 0 radical (unpaired) electrons. The van der Waals surface area contributed by atoms with Gasteiger partial charge in [0.1, 0.15) is 16.6 Å². The number of carbonyl (C=O) groups excluding carboxylic acids is 1. The number of carbonyl (C=O) groups is 1. The molecule has 9 heteroatoms. The van der Waals surface area contributed by atoms with Gasteiger partial charge in [0.25, 0.3) is 5.91 Å². The average Bonchev–Trinajstić information content (AvgIpc) is 3.09. The van der Waals surface area contributed by atoms with Crippen LogP contribution in [0, 0.1) is 54.3 Å². The second-order valence-corrected chi connectivity index (χ2v) is 7.06. The van der Waals surface area contributed by atoms with E-state index in [9.17, 15) is 32.0 Å². The average molecular weight is 422 g/mol. The summed E-state index contributed by atoms with van der Waals surface area (Å²) in [5, 5.41) is 13.1. The Hall–Kier alpha value is -3.25. The predicted molar refractivity (Wildman–Crippen MR) is 98.1 cm³/mol. The molecule has 1 aromatic heterocycles. The molecule has 0 fully saturated rings. The molecule has 148 valence electrons. The van der Waals surface area contributed by atoms with Crippen LogP contribution in [0.25, 0.3) is 11.1 Å². The van der Waals surface area contributed by atoms with Crippen molar-refractivity contribution in [1.82, 2.24) is 0 Å². The predicted octanol–water partition coefficient (Wildman–Crippen LogP) is 5.85. The molecular weight excluding hydrogens is 411 g/mol. The minimum absolute atomic E-state index is 0.0147. The normalized spacial score (nSPS) is 10.7. The second-order valence-electron chi connectivity index (χ2n) is 6.18. The van der Waals surface area contributed by atoms with Crippen molar-refractivity contribution in [2.75, 3.05) is 5.32 Å². The first-order valence-electron chi connectivity index (χ1n) is 8.09. The van der Waals surface area contributed by atoms with Crippen LogP contribution >= 0.6 is 11.3 Å². The Kier molecular flexibility index (Phi) is 5.40. The van der Waals surface area contributed by atoms with Crippen LogP contribution in [-0.2, 0) is 0 Å². The van der Waals surface area contributed by atoms with Crippen LogP contribution in [0.3, 0.4) is 0 Å². The molecule has 2 aromatic carbocycles. The van der Waals surface area contributed by atoms with Crippen molar-refractivity contribution in [3.63, 3.8) is 0 Å². The minimum atomic E-state index is -2.36. The zero-order valence-corrected chi connectivity index (χ0v) is 15.8. The topological polar surface area (TPSA) is 52.9 Å². The number of rotatable bonds is 3. The van der Waals surface area contributed by atoms with Gasteiger partial charge in [-0.25, -0.2) is 22.0 Å². The number of hydrogen-bond donors (Lipinski definition) is 1. The van der Waals surface area contributed by atoms with E-state index in [0.29, 0.717) is 5.56 Å². The van der Waals surface area contributed by atoms with Crippen molar-refractivity contribution < 1.29 is 26.7 Å². The summed E-state index contributed by atoms with van der Waals surface area (Å²) in [7, 11) is 0. The van der Waals surface area contributed by atoms with E-state index in [1.54, 1.807) is 5.38 Å². The van der Waals surface area contributed by atoms with Gasteiger partial charge in [0, 0.05) is 10.9 Å². The number of nitriles is 1. The molecule has 29 heavy (non-hydrogen) atoms. The van der Waals surface area contributed by atoms with E-state index in [0.717, 1.165) is 28.0 Å². The third-order valence-corrected chi connectivity index (χ3v) is 5.15. The number of aryl methyl sites for hydroxylation is 2. The third-order valence-electron chi connectivity index (χ3n) is 4.25. The molecule has 0 unspecified atom stereocenters. The van der Waals surface area contributed by atoms with Crippen molar-refractivity contribution in [3.05, 3.63) is 74.9 Å². The van der Waals surface area contributed by atoms with Crippen LogP contribution in [0.2, 0.25) is 0 Å². The first-order chi connectivity index (χ1) is 13.7. The molecule has 3 rings (SSSR count). The van der Waals surface area contributed by atoms with Crippen molar-refractivity contribution in [2.24, 2.45) is 0 Å². The number of halogens is 5. The van der Waals surface area contributed by atoms with E-state index in [-0.39, 0.29) is 10.6 Å². The van der Waals surface area contributed by atoms with E-state index in [1.165, 1.54) is 0 Å². The van der Waals surface area contributed by atoms with Gasteiger partial charge in [0.05, 0.1) is 5.56 Å². The SMILES string of the molecule is Cc1ccc(C)c(-c2csc(NC(=O)c3c(F)c(F)c(F)c(F)c3F)c2C#N)c1. The van der Waals surface area contributed by atoms with E-state index < -0.39 is 40.6 Å². The smallest absolute Gasteiger partial charge is 0.262 e. The maximum absolute atomic E-state index is 13.9. The van der Waals surface area contributed by atoms with E-state index in [2.05, 4.69) is 5.32 Å². The van der Waals surface area contributed by atoms with E-state index in [1.807, 2.05) is 38.1 Å². The fraction of sp³-hybridized carbons (Fsp3) is 0.100. The molecule has 0 atom stereocenters. The summed E-state index contributed by atoms with van der Waals surface area (Å²) in [4.78, 5) is 12.3. The number of nitrogens with zero attached hydrogens (tertiary/aromatic N) is 1. The molecule has 1 N–H and O–H groups in total. The first-order valence-corrected chi connectivity index (χ1v) is 8.97. The lowest BCUT2D eigenvalue weighted by molar-refractivity contribution is 0.101. The number of benzene rings is 2. The van der Waals surface area contributed by atoms with Gasteiger partial charge in [0.15, 0.2) is 23.3 Å². The molecule has 1 amide bonds. The number of anilines is 1. The van der Waals surface area contributed by atoms with Crippen LogP contribution < -0.4 is 5.32 Å². The van der Waals surface area contributed by atoms with Gasteiger partial charge in [-0.1, -0.05) is 23.8 Å². The summed E-state index contributed by atoms with van der Waals surface area (Å²) < 4.78 is 67.6. The molecule has 0 aliphatic heterocycles. The summed E-state index contributed by atoms with van der Waals surface area (Å²) >= 11 is 0.895. The van der Waals surface area contributed by atoms with Gasteiger partial charge in [-0.3, -0.25) is 4.79 Å². The highest BCUT2D eigenvalue weighted by Gasteiger charge is 2.30. The van der Waals surface area contributed by atoms with Crippen LogP contribution in [0.4, 0.5) is 27.0 Å². The standard InChI is InChI=1S/C20H11F5N2OS/c1-8-3-4-9(2)10(5-8)12-7-29-20(11(12)6-26)27-19(28)13-14(21)16(23)18(25)17(24)15(13)22/h3-5,7H,1-2H3,(H,27,28). The largest absolute Gasteiger partial charge is 0.312 e. The van der Waals surface area contributed by atoms with Crippen LogP contribution in [0.5, 0.6) is 0 Å². The molecule has 0 saturated carbocycles. The van der Waals surface area contributed by atoms with Gasteiger partial charge in [-0.2, -0.15) is 5.26 Å². The Morgan fingerprint density at radius 2 is 1.55 bits per heavy atom. The highest BCUT2D eigenvalue weighted by Crippen LogP contribution is 2.37. The Bertz CT molecular complexity index is 1170. The lowest BCUT2D eigenvalue weighted by Gasteiger charge is -2.09. The quantitative estimate of drug-likeness (QED) is 0.327. The number of hydrogen-bond acceptors (Lipinski definition) is 3. The first kappa shape index (κ1) is 20.5. The fourth-order valence-electron chi connectivity index (χ4n) is 2.76. The molecular formula is C20H11F5N2OS.